The molecule has 0 radical (unpaired) electrons. The van der Waals surface area contributed by atoms with Crippen LogP contribution in [0.4, 0.5) is 5.95 Å². The maximum absolute atomic E-state index is 9.17. The van der Waals surface area contributed by atoms with Gasteiger partial charge in [-0.15, -0.1) is 0 Å². The number of aliphatic hydroxyl groups excluding tert-OH is 1. The number of hydrogen-bond donors (Lipinski definition) is 1. The quantitative estimate of drug-likeness (QED) is 0.890. The SMILES string of the molecule is Cc1nc(N(Cc2ccco2)C2CC2)ncc1CO. The van der Waals surface area contributed by atoms with Crippen LogP contribution in [0.3, 0.4) is 0 Å². The molecule has 1 aliphatic carbocycles. The summed E-state index contributed by atoms with van der Waals surface area (Å²) in [6.45, 7) is 2.57. The number of anilines is 1. The van der Waals surface area contributed by atoms with Gasteiger partial charge in [-0.3, -0.25) is 0 Å². The second-order valence-corrected chi connectivity index (χ2v) is 4.88. The highest BCUT2D eigenvalue weighted by molar-refractivity contribution is 5.36. The first kappa shape index (κ1) is 12.2. The zero-order chi connectivity index (χ0) is 13.2. The van der Waals surface area contributed by atoms with Gasteiger partial charge in [0.15, 0.2) is 0 Å². The van der Waals surface area contributed by atoms with Crippen molar-refractivity contribution in [1.29, 1.82) is 0 Å². The van der Waals surface area contributed by atoms with Gasteiger partial charge in [-0.2, -0.15) is 0 Å². The molecule has 0 aromatic carbocycles. The summed E-state index contributed by atoms with van der Waals surface area (Å²) in [7, 11) is 0. The number of aryl methyl sites for hydroxylation is 1. The van der Waals surface area contributed by atoms with E-state index in [1.54, 1.807) is 12.5 Å². The lowest BCUT2D eigenvalue weighted by atomic mass is 10.2. The van der Waals surface area contributed by atoms with Gasteiger partial charge in [-0.05, 0) is 31.9 Å². The van der Waals surface area contributed by atoms with E-state index in [4.69, 9.17) is 9.52 Å². The van der Waals surface area contributed by atoms with E-state index in [-0.39, 0.29) is 6.61 Å². The molecular formula is C14H17N3O2. The summed E-state index contributed by atoms with van der Waals surface area (Å²) in [5, 5.41) is 9.17. The average molecular weight is 259 g/mol. The maximum atomic E-state index is 9.17. The van der Waals surface area contributed by atoms with E-state index in [1.807, 2.05) is 19.1 Å². The van der Waals surface area contributed by atoms with Crippen molar-refractivity contribution in [2.45, 2.75) is 39.0 Å². The molecule has 0 saturated heterocycles. The molecule has 5 heteroatoms. The van der Waals surface area contributed by atoms with Crippen molar-refractivity contribution >= 4 is 5.95 Å². The van der Waals surface area contributed by atoms with E-state index in [9.17, 15) is 0 Å². The fraction of sp³-hybridized carbons (Fsp3) is 0.429. The average Bonchev–Trinajstić information content (AvgIpc) is 3.13. The van der Waals surface area contributed by atoms with Crippen LogP contribution in [0.25, 0.3) is 0 Å². The van der Waals surface area contributed by atoms with Gasteiger partial charge in [0.05, 0.1) is 19.4 Å². The van der Waals surface area contributed by atoms with Crippen LogP contribution in [0.1, 0.15) is 29.9 Å². The first-order chi connectivity index (χ1) is 9.28. The fourth-order valence-electron chi connectivity index (χ4n) is 2.09. The number of rotatable bonds is 5. The Morgan fingerprint density at radius 3 is 2.89 bits per heavy atom. The van der Waals surface area contributed by atoms with E-state index in [0.717, 1.165) is 17.0 Å². The van der Waals surface area contributed by atoms with Crippen LogP contribution in [-0.2, 0) is 13.2 Å². The molecule has 0 atom stereocenters. The molecule has 0 aliphatic heterocycles. The summed E-state index contributed by atoms with van der Waals surface area (Å²) in [6.07, 6.45) is 5.73. The van der Waals surface area contributed by atoms with Gasteiger partial charge in [0.2, 0.25) is 5.95 Å². The largest absolute Gasteiger partial charge is 0.467 e. The summed E-state index contributed by atoms with van der Waals surface area (Å²) in [5.74, 6) is 1.63. The monoisotopic (exact) mass is 259 g/mol. The Bertz CT molecular complexity index is 550. The van der Waals surface area contributed by atoms with Crippen LogP contribution < -0.4 is 4.90 Å². The zero-order valence-corrected chi connectivity index (χ0v) is 10.9. The Labute approximate surface area is 111 Å². The van der Waals surface area contributed by atoms with Crippen LogP contribution >= 0.6 is 0 Å². The van der Waals surface area contributed by atoms with Crippen molar-refractivity contribution in [1.82, 2.24) is 9.97 Å². The molecule has 0 amide bonds. The Morgan fingerprint density at radius 2 is 2.32 bits per heavy atom. The Hall–Kier alpha value is -1.88. The number of aromatic nitrogens is 2. The highest BCUT2D eigenvalue weighted by Gasteiger charge is 2.31. The van der Waals surface area contributed by atoms with Crippen molar-refractivity contribution in [3.8, 4) is 0 Å². The van der Waals surface area contributed by atoms with E-state index in [1.165, 1.54) is 12.8 Å². The minimum atomic E-state index is -0.0201. The first-order valence-electron chi connectivity index (χ1n) is 6.50. The van der Waals surface area contributed by atoms with E-state index >= 15 is 0 Å². The lowest BCUT2D eigenvalue weighted by molar-refractivity contribution is 0.280. The molecule has 5 nitrogen and oxygen atoms in total. The summed E-state index contributed by atoms with van der Waals surface area (Å²) >= 11 is 0. The van der Waals surface area contributed by atoms with Gasteiger partial charge in [-0.25, -0.2) is 9.97 Å². The Morgan fingerprint density at radius 1 is 1.47 bits per heavy atom. The van der Waals surface area contributed by atoms with Crippen LogP contribution in [0, 0.1) is 6.92 Å². The lowest BCUT2D eigenvalue weighted by Gasteiger charge is -2.21. The van der Waals surface area contributed by atoms with E-state index in [2.05, 4.69) is 14.9 Å². The summed E-state index contributed by atoms with van der Waals surface area (Å²) < 4.78 is 5.40. The smallest absolute Gasteiger partial charge is 0.226 e. The number of nitrogens with zero attached hydrogens (tertiary/aromatic N) is 3. The summed E-state index contributed by atoms with van der Waals surface area (Å²) in [4.78, 5) is 11.0. The van der Waals surface area contributed by atoms with Crippen molar-refractivity contribution in [2.24, 2.45) is 0 Å². The van der Waals surface area contributed by atoms with Crippen molar-refractivity contribution in [3.05, 3.63) is 41.6 Å². The van der Waals surface area contributed by atoms with Crippen molar-refractivity contribution in [2.75, 3.05) is 4.90 Å². The minimum absolute atomic E-state index is 0.0201. The molecule has 2 aromatic heterocycles. The molecule has 2 aromatic rings. The molecule has 2 heterocycles. The van der Waals surface area contributed by atoms with Crippen molar-refractivity contribution < 1.29 is 9.52 Å². The zero-order valence-electron chi connectivity index (χ0n) is 10.9. The summed E-state index contributed by atoms with van der Waals surface area (Å²) in [6, 6.07) is 4.36. The molecule has 0 spiro atoms. The van der Waals surface area contributed by atoms with Crippen LogP contribution in [0.15, 0.2) is 29.0 Å². The van der Waals surface area contributed by atoms with Gasteiger partial charge in [-0.1, -0.05) is 0 Å². The number of hydrogen-bond acceptors (Lipinski definition) is 5. The Kier molecular flexibility index (Phi) is 3.21. The highest BCUT2D eigenvalue weighted by Crippen LogP contribution is 2.31. The standard InChI is InChI=1S/C14H17N3O2/c1-10-11(9-18)7-15-14(16-10)17(12-4-5-12)8-13-3-2-6-19-13/h2-3,6-7,12,18H,4-5,8-9H2,1H3. The third-order valence-electron chi connectivity index (χ3n) is 3.39. The van der Waals surface area contributed by atoms with Crippen molar-refractivity contribution in [3.63, 3.8) is 0 Å². The second-order valence-electron chi connectivity index (χ2n) is 4.88. The third-order valence-corrected chi connectivity index (χ3v) is 3.39. The predicted molar refractivity (Wildman–Crippen MR) is 70.6 cm³/mol. The molecule has 0 unspecified atom stereocenters. The topological polar surface area (TPSA) is 62.4 Å². The van der Waals surface area contributed by atoms with Gasteiger partial charge >= 0.3 is 0 Å². The highest BCUT2D eigenvalue weighted by atomic mass is 16.3. The Balaban J connectivity index is 1.85. The maximum Gasteiger partial charge on any atom is 0.226 e. The van der Waals surface area contributed by atoms with Gasteiger partial charge in [0, 0.05) is 23.5 Å². The molecular weight excluding hydrogens is 242 g/mol. The minimum Gasteiger partial charge on any atom is -0.467 e. The van der Waals surface area contributed by atoms with Gasteiger partial charge in [0.1, 0.15) is 5.76 Å². The van der Waals surface area contributed by atoms with E-state index < -0.39 is 0 Å². The molecule has 19 heavy (non-hydrogen) atoms. The van der Waals surface area contributed by atoms with Crippen LogP contribution in [-0.4, -0.2) is 21.1 Å². The number of furan rings is 1. The lowest BCUT2D eigenvalue weighted by Crippen LogP contribution is -2.27. The molecule has 1 saturated carbocycles. The first-order valence-corrected chi connectivity index (χ1v) is 6.50. The third kappa shape index (κ3) is 2.61. The molecule has 1 fully saturated rings. The predicted octanol–water partition coefficient (Wildman–Crippen LogP) is 2.04. The number of aliphatic hydroxyl groups is 1. The van der Waals surface area contributed by atoms with Gasteiger partial charge < -0.3 is 14.4 Å². The van der Waals surface area contributed by atoms with Gasteiger partial charge in [0.25, 0.3) is 0 Å². The molecule has 1 aliphatic rings. The normalized spacial score (nSPS) is 14.6. The van der Waals surface area contributed by atoms with Crippen LogP contribution in [0.2, 0.25) is 0 Å². The molecule has 100 valence electrons. The molecule has 0 bridgehead atoms. The summed E-state index contributed by atoms with van der Waals surface area (Å²) in [5.41, 5.74) is 1.61. The second kappa shape index (κ2) is 5.01. The molecule has 1 N–H and O–H groups in total. The van der Waals surface area contributed by atoms with Crippen LogP contribution in [0.5, 0.6) is 0 Å². The fourth-order valence-corrected chi connectivity index (χ4v) is 2.09. The van der Waals surface area contributed by atoms with E-state index in [0.29, 0.717) is 18.5 Å². The molecule has 3 rings (SSSR count).